The number of carbonyl (C=O) groups is 1. The fourth-order valence-corrected chi connectivity index (χ4v) is 2.64. The number of hydrogen-bond acceptors (Lipinski definition) is 3. The molecule has 0 atom stereocenters. The summed E-state index contributed by atoms with van der Waals surface area (Å²) in [5.41, 5.74) is 1.66. The minimum atomic E-state index is -0.512. The van der Waals surface area contributed by atoms with Crippen LogP contribution in [0.15, 0.2) is 24.3 Å². The second kappa shape index (κ2) is 4.40. The van der Waals surface area contributed by atoms with E-state index in [1.165, 1.54) is 12.7 Å². The van der Waals surface area contributed by atoms with E-state index in [1.54, 1.807) is 0 Å². The number of methoxy groups -OCH3 is 1. The molecule has 1 aliphatic carbocycles. The van der Waals surface area contributed by atoms with Crippen LogP contribution in [0.25, 0.3) is 0 Å². The van der Waals surface area contributed by atoms with Crippen LogP contribution in [-0.2, 0) is 9.53 Å². The number of hydrogen-bond donors (Lipinski definition) is 1. The number of anilines is 1. The lowest BCUT2D eigenvalue weighted by molar-refractivity contribution is -0.150. The van der Waals surface area contributed by atoms with Crippen molar-refractivity contribution in [2.75, 3.05) is 12.4 Å². The van der Waals surface area contributed by atoms with Gasteiger partial charge in [0.05, 0.1) is 7.11 Å². The van der Waals surface area contributed by atoms with Gasteiger partial charge >= 0.3 is 5.97 Å². The van der Waals surface area contributed by atoms with Crippen molar-refractivity contribution in [3.8, 4) is 0 Å². The Bertz CT molecular complexity index is 422. The molecule has 1 N–H and O–H groups in total. The summed E-state index contributed by atoms with van der Waals surface area (Å²) in [5, 5.41) is 3.34. The largest absolute Gasteiger partial charge is 0.467 e. The van der Waals surface area contributed by atoms with Gasteiger partial charge in [-0.15, -0.1) is 0 Å². The molecule has 2 rings (SSSR count). The van der Waals surface area contributed by atoms with Gasteiger partial charge in [-0.05, 0) is 43.4 Å². The lowest BCUT2D eigenvalue weighted by Gasteiger charge is -2.44. The highest BCUT2D eigenvalue weighted by Gasteiger charge is 2.49. The van der Waals surface area contributed by atoms with Crippen molar-refractivity contribution in [1.29, 1.82) is 0 Å². The molecule has 0 aliphatic heterocycles. The number of benzene rings is 1. The SMILES string of the molecule is COC(=O)C1(Nc2cccc(C)c2)CC(C)C1. The van der Waals surface area contributed by atoms with Crippen LogP contribution < -0.4 is 5.32 Å². The van der Waals surface area contributed by atoms with Crippen LogP contribution in [0, 0.1) is 12.8 Å². The predicted octanol–water partition coefficient (Wildman–Crippen LogP) is 2.75. The summed E-state index contributed by atoms with van der Waals surface area (Å²) in [6.45, 7) is 4.19. The Morgan fingerprint density at radius 3 is 2.71 bits per heavy atom. The molecule has 3 nitrogen and oxygen atoms in total. The quantitative estimate of drug-likeness (QED) is 0.816. The van der Waals surface area contributed by atoms with Gasteiger partial charge in [-0.25, -0.2) is 4.79 Å². The molecule has 3 heteroatoms. The van der Waals surface area contributed by atoms with E-state index < -0.39 is 5.54 Å². The van der Waals surface area contributed by atoms with Crippen molar-refractivity contribution in [3.05, 3.63) is 29.8 Å². The first-order chi connectivity index (χ1) is 8.05. The summed E-state index contributed by atoms with van der Waals surface area (Å²) in [6, 6.07) is 8.07. The third-order valence-corrected chi connectivity index (χ3v) is 3.37. The van der Waals surface area contributed by atoms with Gasteiger partial charge in [-0.1, -0.05) is 19.1 Å². The molecule has 0 spiro atoms. The summed E-state index contributed by atoms with van der Waals surface area (Å²) >= 11 is 0. The van der Waals surface area contributed by atoms with Gasteiger partial charge in [-0.2, -0.15) is 0 Å². The van der Waals surface area contributed by atoms with Crippen molar-refractivity contribution in [3.63, 3.8) is 0 Å². The van der Waals surface area contributed by atoms with E-state index in [-0.39, 0.29) is 5.97 Å². The fourth-order valence-electron chi connectivity index (χ4n) is 2.64. The maximum Gasteiger partial charge on any atom is 0.331 e. The van der Waals surface area contributed by atoms with E-state index in [9.17, 15) is 4.79 Å². The van der Waals surface area contributed by atoms with Crippen molar-refractivity contribution in [2.24, 2.45) is 5.92 Å². The van der Waals surface area contributed by atoms with Crippen molar-refractivity contribution in [1.82, 2.24) is 0 Å². The Morgan fingerprint density at radius 2 is 2.18 bits per heavy atom. The molecule has 92 valence electrons. The smallest absolute Gasteiger partial charge is 0.331 e. The molecular weight excluding hydrogens is 214 g/mol. The first-order valence-corrected chi connectivity index (χ1v) is 5.99. The van der Waals surface area contributed by atoms with E-state index >= 15 is 0 Å². The number of ether oxygens (including phenoxy) is 1. The summed E-state index contributed by atoms with van der Waals surface area (Å²) in [7, 11) is 1.45. The molecule has 0 radical (unpaired) electrons. The molecule has 1 aliphatic rings. The highest BCUT2D eigenvalue weighted by Crippen LogP contribution is 2.41. The standard InChI is InChI=1S/C14H19NO2/c1-10-5-4-6-12(7-10)15-14(13(16)17-3)8-11(2)9-14/h4-7,11,15H,8-9H2,1-3H3. The molecule has 1 aromatic rings. The second-order valence-corrected chi connectivity index (χ2v) is 5.08. The fraction of sp³-hybridized carbons (Fsp3) is 0.500. The van der Waals surface area contributed by atoms with E-state index in [0.717, 1.165) is 18.5 Å². The van der Waals surface area contributed by atoms with Gasteiger partial charge in [0, 0.05) is 5.69 Å². The molecule has 1 aromatic carbocycles. The Labute approximate surface area is 102 Å². The number of rotatable bonds is 3. The van der Waals surface area contributed by atoms with Gasteiger partial charge in [-0.3, -0.25) is 0 Å². The third kappa shape index (κ3) is 2.28. The number of nitrogens with one attached hydrogen (secondary N) is 1. The van der Waals surface area contributed by atoms with Crippen molar-refractivity contribution < 1.29 is 9.53 Å². The molecule has 0 saturated heterocycles. The highest BCUT2D eigenvalue weighted by atomic mass is 16.5. The number of carbonyl (C=O) groups excluding carboxylic acids is 1. The molecule has 0 bridgehead atoms. The molecule has 0 aromatic heterocycles. The van der Waals surface area contributed by atoms with Gasteiger partial charge in [0.2, 0.25) is 0 Å². The minimum absolute atomic E-state index is 0.155. The third-order valence-electron chi connectivity index (χ3n) is 3.37. The van der Waals surface area contributed by atoms with Gasteiger partial charge in [0.15, 0.2) is 0 Å². The molecule has 0 heterocycles. The molecule has 1 saturated carbocycles. The maximum atomic E-state index is 11.9. The van der Waals surface area contributed by atoms with E-state index in [1.807, 2.05) is 31.2 Å². The zero-order chi connectivity index (χ0) is 12.5. The van der Waals surface area contributed by atoms with E-state index in [4.69, 9.17) is 4.74 Å². The van der Waals surface area contributed by atoms with Crippen molar-refractivity contribution >= 4 is 11.7 Å². The average molecular weight is 233 g/mol. The van der Waals surface area contributed by atoms with Crippen LogP contribution in [0.1, 0.15) is 25.3 Å². The van der Waals surface area contributed by atoms with Crippen LogP contribution in [0.2, 0.25) is 0 Å². The Hall–Kier alpha value is -1.51. The average Bonchev–Trinajstić information content (AvgIpc) is 2.25. The Kier molecular flexibility index (Phi) is 3.09. The van der Waals surface area contributed by atoms with Gasteiger partial charge in [0.25, 0.3) is 0 Å². The van der Waals surface area contributed by atoms with E-state index in [2.05, 4.69) is 12.2 Å². The molecule has 0 unspecified atom stereocenters. The monoisotopic (exact) mass is 233 g/mol. The van der Waals surface area contributed by atoms with E-state index in [0.29, 0.717) is 5.92 Å². The number of aryl methyl sites for hydroxylation is 1. The summed E-state index contributed by atoms with van der Waals surface area (Å²) < 4.78 is 4.91. The van der Waals surface area contributed by atoms with Crippen LogP contribution in [0.4, 0.5) is 5.69 Å². The molecule has 0 amide bonds. The minimum Gasteiger partial charge on any atom is -0.467 e. The summed E-state index contributed by atoms with van der Waals surface area (Å²) in [4.78, 5) is 11.9. The molecular formula is C14H19NO2. The second-order valence-electron chi connectivity index (χ2n) is 5.08. The van der Waals surface area contributed by atoms with Crippen LogP contribution in [0.5, 0.6) is 0 Å². The predicted molar refractivity (Wildman–Crippen MR) is 67.9 cm³/mol. The van der Waals surface area contributed by atoms with Crippen LogP contribution in [-0.4, -0.2) is 18.6 Å². The zero-order valence-electron chi connectivity index (χ0n) is 10.6. The normalized spacial score (nSPS) is 27.1. The summed E-state index contributed by atoms with van der Waals surface area (Å²) in [5.74, 6) is 0.420. The molecule has 1 fully saturated rings. The Balaban J connectivity index is 2.17. The molecule has 17 heavy (non-hydrogen) atoms. The van der Waals surface area contributed by atoms with Gasteiger partial charge < -0.3 is 10.1 Å². The first-order valence-electron chi connectivity index (χ1n) is 5.99. The van der Waals surface area contributed by atoms with Crippen molar-refractivity contribution in [2.45, 2.75) is 32.2 Å². The Morgan fingerprint density at radius 1 is 1.47 bits per heavy atom. The topological polar surface area (TPSA) is 38.3 Å². The first kappa shape index (κ1) is 12.0. The zero-order valence-corrected chi connectivity index (χ0v) is 10.6. The van der Waals surface area contributed by atoms with Crippen LogP contribution in [0.3, 0.4) is 0 Å². The number of esters is 1. The highest BCUT2D eigenvalue weighted by molar-refractivity contribution is 5.85. The summed E-state index contributed by atoms with van der Waals surface area (Å²) in [6.07, 6.45) is 1.68. The van der Waals surface area contributed by atoms with Crippen LogP contribution >= 0.6 is 0 Å². The maximum absolute atomic E-state index is 11.9. The van der Waals surface area contributed by atoms with Gasteiger partial charge in [0.1, 0.15) is 5.54 Å². The lowest BCUT2D eigenvalue weighted by atomic mass is 9.69. The lowest BCUT2D eigenvalue weighted by Crippen LogP contribution is -2.56.